The van der Waals surface area contributed by atoms with Crippen LogP contribution < -0.4 is 20.1 Å². The first-order chi connectivity index (χ1) is 13.5. The minimum atomic E-state index is -0.645. The van der Waals surface area contributed by atoms with Crippen LogP contribution in [0, 0.1) is 11.2 Å². The second kappa shape index (κ2) is 9.50. The van der Waals surface area contributed by atoms with E-state index in [1.807, 2.05) is 6.92 Å². The number of carbonyl (C=O) groups is 2. The van der Waals surface area contributed by atoms with Gasteiger partial charge in [0, 0.05) is 23.6 Å². The van der Waals surface area contributed by atoms with Gasteiger partial charge < -0.3 is 5.32 Å². The molecule has 2 rings (SSSR count). The van der Waals surface area contributed by atoms with Crippen LogP contribution in [0.15, 0.2) is 23.0 Å². The SMILES string of the molecule is CCCNC(=O)Cn1c(=O)/c(=C/c2c(F)cccc2Cl)s/c1=C/C(=O)C(C)(C)C. The molecule has 0 spiro atoms. The molecule has 0 unspecified atom stereocenters. The van der Waals surface area contributed by atoms with Gasteiger partial charge in [-0.3, -0.25) is 19.0 Å². The zero-order chi connectivity index (χ0) is 21.8. The number of benzene rings is 1. The van der Waals surface area contributed by atoms with E-state index in [4.69, 9.17) is 11.6 Å². The van der Waals surface area contributed by atoms with Crippen molar-refractivity contribution in [3.05, 3.63) is 54.2 Å². The van der Waals surface area contributed by atoms with Crippen molar-refractivity contribution in [1.29, 1.82) is 0 Å². The van der Waals surface area contributed by atoms with E-state index in [1.165, 1.54) is 34.9 Å². The lowest BCUT2D eigenvalue weighted by molar-refractivity contribution is -0.122. The van der Waals surface area contributed by atoms with Crippen molar-refractivity contribution in [2.45, 2.75) is 40.7 Å². The molecule has 1 aromatic heterocycles. The Hall–Kier alpha value is -2.25. The molecule has 0 radical (unpaired) electrons. The molecule has 0 fully saturated rings. The average molecular weight is 439 g/mol. The summed E-state index contributed by atoms with van der Waals surface area (Å²) in [6.45, 7) is 7.48. The molecule has 0 atom stereocenters. The minimum Gasteiger partial charge on any atom is -0.355 e. The molecule has 0 aliphatic rings. The lowest BCUT2D eigenvalue weighted by atomic mass is 9.91. The van der Waals surface area contributed by atoms with Gasteiger partial charge in [-0.25, -0.2) is 4.39 Å². The summed E-state index contributed by atoms with van der Waals surface area (Å²) in [4.78, 5) is 37.6. The van der Waals surface area contributed by atoms with Gasteiger partial charge in [0.25, 0.3) is 5.56 Å². The maximum Gasteiger partial charge on any atom is 0.269 e. The highest BCUT2D eigenvalue weighted by Gasteiger charge is 2.20. The van der Waals surface area contributed by atoms with Crippen LogP contribution in [0.25, 0.3) is 12.2 Å². The molecule has 156 valence electrons. The fraction of sp³-hybridized carbons (Fsp3) is 0.381. The molecule has 1 N–H and O–H groups in total. The van der Waals surface area contributed by atoms with Gasteiger partial charge >= 0.3 is 0 Å². The van der Waals surface area contributed by atoms with Gasteiger partial charge in [0.05, 0.1) is 9.55 Å². The van der Waals surface area contributed by atoms with Crippen LogP contribution >= 0.6 is 22.9 Å². The fourth-order valence-corrected chi connectivity index (χ4v) is 3.61. The highest BCUT2D eigenvalue weighted by Crippen LogP contribution is 2.19. The Morgan fingerprint density at radius 3 is 2.59 bits per heavy atom. The first-order valence-electron chi connectivity index (χ1n) is 9.22. The van der Waals surface area contributed by atoms with Gasteiger partial charge in [0.2, 0.25) is 5.91 Å². The number of Topliss-reactive ketones (excluding diaryl/α,β-unsaturated/α-hetero) is 1. The number of aromatic nitrogens is 1. The third kappa shape index (κ3) is 5.87. The number of nitrogens with zero attached hydrogens (tertiary/aromatic N) is 1. The highest BCUT2D eigenvalue weighted by atomic mass is 35.5. The molecule has 1 amide bonds. The Morgan fingerprint density at radius 1 is 1.31 bits per heavy atom. The van der Waals surface area contributed by atoms with Gasteiger partial charge in [0.15, 0.2) is 5.78 Å². The summed E-state index contributed by atoms with van der Waals surface area (Å²) in [7, 11) is 0. The Bertz CT molecular complexity index is 1080. The summed E-state index contributed by atoms with van der Waals surface area (Å²) >= 11 is 7.08. The highest BCUT2D eigenvalue weighted by molar-refractivity contribution is 7.07. The number of ketones is 1. The number of nitrogens with one attached hydrogen (secondary N) is 1. The Balaban J connectivity index is 2.67. The van der Waals surface area contributed by atoms with Gasteiger partial charge in [-0.15, -0.1) is 11.3 Å². The van der Waals surface area contributed by atoms with E-state index >= 15 is 0 Å². The Morgan fingerprint density at radius 2 is 2.00 bits per heavy atom. The van der Waals surface area contributed by atoms with Crippen molar-refractivity contribution in [3.63, 3.8) is 0 Å². The summed E-state index contributed by atoms with van der Waals surface area (Å²) in [6.07, 6.45) is 3.47. The lowest BCUT2D eigenvalue weighted by Crippen LogP contribution is -2.38. The summed E-state index contributed by atoms with van der Waals surface area (Å²) in [5, 5.41) is 2.88. The first kappa shape index (κ1) is 23.0. The number of amides is 1. The van der Waals surface area contributed by atoms with E-state index in [0.29, 0.717) is 11.2 Å². The smallest absolute Gasteiger partial charge is 0.269 e. The van der Waals surface area contributed by atoms with Crippen LogP contribution in [0.3, 0.4) is 0 Å². The van der Waals surface area contributed by atoms with E-state index < -0.39 is 16.8 Å². The topological polar surface area (TPSA) is 68.2 Å². The molecule has 8 heteroatoms. The van der Waals surface area contributed by atoms with Crippen molar-refractivity contribution < 1.29 is 14.0 Å². The molecule has 1 aromatic carbocycles. The van der Waals surface area contributed by atoms with Gasteiger partial charge in [-0.2, -0.15) is 0 Å². The third-order valence-corrected chi connectivity index (χ3v) is 5.47. The Kier molecular flexibility index (Phi) is 7.54. The fourth-order valence-electron chi connectivity index (χ4n) is 2.37. The van der Waals surface area contributed by atoms with Crippen molar-refractivity contribution in [3.8, 4) is 0 Å². The molecular formula is C21H24ClFN2O3S. The van der Waals surface area contributed by atoms with Crippen LogP contribution in [-0.2, 0) is 16.1 Å². The molecule has 1 heterocycles. The van der Waals surface area contributed by atoms with Crippen LogP contribution in [0.4, 0.5) is 4.39 Å². The summed E-state index contributed by atoms with van der Waals surface area (Å²) < 4.78 is 15.9. The monoisotopic (exact) mass is 438 g/mol. The van der Waals surface area contributed by atoms with Gasteiger partial charge in [-0.05, 0) is 24.6 Å². The van der Waals surface area contributed by atoms with Crippen molar-refractivity contribution in [1.82, 2.24) is 9.88 Å². The largest absolute Gasteiger partial charge is 0.355 e. The number of carbonyl (C=O) groups excluding carboxylic acids is 2. The van der Waals surface area contributed by atoms with Crippen LogP contribution in [0.5, 0.6) is 0 Å². The van der Waals surface area contributed by atoms with Gasteiger partial charge in [-0.1, -0.05) is 45.4 Å². The number of hydrogen-bond donors (Lipinski definition) is 1. The van der Waals surface area contributed by atoms with E-state index in [9.17, 15) is 18.8 Å². The maximum absolute atomic E-state index is 14.1. The van der Waals surface area contributed by atoms with E-state index in [2.05, 4.69) is 5.32 Å². The van der Waals surface area contributed by atoms with E-state index in [0.717, 1.165) is 17.8 Å². The zero-order valence-electron chi connectivity index (χ0n) is 16.8. The van der Waals surface area contributed by atoms with E-state index in [1.54, 1.807) is 20.8 Å². The molecule has 0 saturated carbocycles. The second-order valence-electron chi connectivity index (χ2n) is 7.58. The van der Waals surface area contributed by atoms with E-state index in [-0.39, 0.29) is 33.4 Å². The number of halogens is 2. The van der Waals surface area contributed by atoms with Crippen molar-refractivity contribution in [2.75, 3.05) is 6.54 Å². The standard InChI is InChI=1S/C21H24ClFN2O3S/c1-5-9-24-18(27)12-25-19(11-17(26)21(2,3)4)29-16(20(25)28)10-13-14(22)7-6-8-15(13)23/h6-8,10-11H,5,9,12H2,1-4H3,(H,24,27)/b16-10-,19-11+. The molecule has 5 nitrogen and oxygen atoms in total. The summed E-state index contributed by atoms with van der Waals surface area (Å²) in [5.74, 6) is -1.08. The van der Waals surface area contributed by atoms with Crippen molar-refractivity contribution in [2.24, 2.45) is 5.41 Å². The second-order valence-corrected chi connectivity index (χ2v) is 9.05. The molecule has 0 aliphatic heterocycles. The predicted octanol–water partition coefficient (Wildman–Crippen LogP) is 2.45. The molecular weight excluding hydrogens is 415 g/mol. The molecule has 0 saturated heterocycles. The van der Waals surface area contributed by atoms with Gasteiger partial charge in [0.1, 0.15) is 17.0 Å². The molecule has 0 bridgehead atoms. The molecule has 29 heavy (non-hydrogen) atoms. The van der Waals surface area contributed by atoms with Crippen LogP contribution in [0.1, 0.15) is 39.7 Å². The predicted molar refractivity (Wildman–Crippen MR) is 115 cm³/mol. The normalized spacial score (nSPS) is 13.0. The van der Waals surface area contributed by atoms with Crippen LogP contribution in [-0.4, -0.2) is 22.8 Å². The van der Waals surface area contributed by atoms with Crippen LogP contribution in [0.2, 0.25) is 5.02 Å². The third-order valence-electron chi connectivity index (χ3n) is 4.08. The first-order valence-corrected chi connectivity index (χ1v) is 10.4. The number of rotatable bonds is 6. The molecule has 2 aromatic rings. The lowest BCUT2D eigenvalue weighted by Gasteiger charge is -2.12. The minimum absolute atomic E-state index is 0.0869. The summed E-state index contributed by atoms with van der Waals surface area (Å²) in [5.41, 5.74) is -1.04. The average Bonchev–Trinajstić information content (AvgIpc) is 2.91. The number of thiazole rings is 1. The summed E-state index contributed by atoms with van der Waals surface area (Å²) in [6, 6.07) is 4.25. The quantitative estimate of drug-likeness (QED) is 0.753. The van der Waals surface area contributed by atoms with Crippen molar-refractivity contribution >= 4 is 46.8 Å². The molecule has 0 aliphatic carbocycles. The number of hydrogen-bond acceptors (Lipinski definition) is 4. The zero-order valence-corrected chi connectivity index (χ0v) is 18.4. The maximum atomic E-state index is 14.1. The Labute approximate surface area is 177 Å².